The summed E-state index contributed by atoms with van der Waals surface area (Å²) in [5.41, 5.74) is 0.462. The Morgan fingerprint density at radius 3 is 2.52 bits per heavy atom. The molecular formula is C19H24N2O4S2. The number of amides is 1. The summed E-state index contributed by atoms with van der Waals surface area (Å²) in [6.45, 7) is 1.68. The number of carbonyl (C=O) groups is 1. The van der Waals surface area contributed by atoms with Crippen molar-refractivity contribution in [1.82, 2.24) is 9.62 Å². The summed E-state index contributed by atoms with van der Waals surface area (Å²) in [6.07, 6.45) is 4.52. The number of rotatable bonds is 8. The molecule has 0 aliphatic carbocycles. The largest absolute Gasteiger partial charge is 0.468 e. The van der Waals surface area contributed by atoms with Gasteiger partial charge < -0.3 is 9.73 Å². The lowest BCUT2D eigenvalue weighted by Gasteiger charge is -2.25. The molecule has 1 aliphatic heterocycles. The Morgan fingerprint density at radius 1 is 1.11 bits per heavy atom. The zero-order chi connectivity index (χ0) is 19.1. The molecule has 0 saturated carbocycles. The molecule has 1 aromatic heterocycles. The molecular weight excluding hydrogens is 384 g/mol. The number of carbonyl (C=O) groups excluding carboxylic acids is 1. The molecule has 0 atom stereocenters. The highest BCUT2D eigenvalue weighted by atomic mass is 32.2. The lowest BCUT2D eigenvalue weighted by molar-refractivity contribution is 0.0956. The highest BCUT2D eigenvalue weighted by Gasteiger charge is 2.25. The molecule has 0 spiro atoms. The quantitative estimate of drug-likeness (QED) is 0.679. The van der Waals surface area contributed by atoms with Gasteiger partial charge >= 0.3 is 0 Å². The normalized spacial score (nSPS) is 15.6. The average molecular weight is 409 g/mol. The van der Waals surface area contributed by atoms with E-state index in [0.29, 0.717) is 25.2 Å². The van der Waals surface area contributed by atoms with Crippen LogP contribution in [0.3, 0.4) is 0 Å². The van der Waals surface area contributed by atoms with E-state index in [1.54, 1.807) is 30.2 Å². The van der Waals surface area contributed by atoms with Gasteiger partial charge in [0.05, 0.1) is 16.9 Å². The van der Waals surface area contributed by atoms with Crippen LogP contribution in [0.4, 0.5) is 0 Å². The number of hydrogen-bond donors (Lipinski definition) is 1. The Morgan fingerprint density at radius 2 is 1.85 bits per heavy atom. The summed E-state index contributed by atoms with van der Waals surface area (Å²) in [5, 5.41) is 2.85. The summed E-state index contributed by atoms with van der Waals surface area (Å²) >= 11 is 1.68. The van der Waals surface area contributed by atoms with Crippen molar-refractivity contribution >= 4 is 27.7 Å². The Labute approximate surface area is 164 Å². The minimum absolute atomic E-state index is 0.199. The number of nitrogens with one attached hydrogen (secondary N) is 1. The number of thioether (sulfide) groups is 1. The van der Waals surface area contributed by atoms with E-state index in [9.17, 15) is 13.2 Å². The van der Waals surface area contributed by atoms with Crippen LogP contribution in [0, 0.1) is 0 Å². The molecule has 8 heteroatoms. The van der Waals surface area contributed by atoms with Crippen LogP contribution in [0.25, 0.3) is 0 Å². The maximum absolute atomic E-state index is 12.6. The van der Waals surface area contributed by atoms with Crippen molar-refractivity contribution in [2.45, 2.75) is 29.9 Å². The molecule has 1 saturated heterocycles. The predicted molar refractivity (Wildman–Crippen MR) is 106 cm³/mol. The second-order valence-electron chi connectivity index (χ2n) is 6.38. The zero-order valence-electron chi connectivity index (χ0n) is 15.1. The third kappa shape index (κ3) is 5.37. The smallest absolute Gasteiger partial charge is 0.251 e. The van der Waals surface area contributed by atoms with Gasteiger partial charge in [-0.15, -0.1) is 0 Å². The Bertz CT molecular complexity index is 827. The van der Waals surface area contributed by atoms with Gasteiger partial charge in [-0.2, -0.15) is 16.1 Å². The van der Waals surface area contributed by atoms with E-state index < -0.39 is 10.0 Å². The summed E-state index contributed by atoms with van der Waals surface area (Å²) in [4.78, 5) is 12.4. The molecule has 6 nitrogen and oxygen atoms in total. The van der Waals surface area contributed by atoms with Gasteiger partial charge in [-0.3, -0.25) is 4.79 Å². The van der Waals surface area contributed by atoms with Crippen LogP contribution in [0.5, 0.6) is 0 Å². The Kier molecular flexibility index (Phi) is 6.98. The third-order valence-corrected chi connectivity index (χ3v) is 7.32. The molecule has 2 aromatic rings. The van der Waals surface area contributed by atoms with Crippen LogP contribution in [-0.2, 0) is 15.8 Å². The second kappa shape index (κ2) is 9.43. The van der Waals surface area contributed by atoms with Crippen LogP contribution in [0.2, 0.25) is 0 Å². The standard InChI is InChI=1S/C19H24N2O4S2/c22-19(20-10-14-26-15-17-5-4-13-25-17)16-6-8-18(9-7-16)27(23,24)21-11-2-1-3-12-21/h4-9,13H,1-3,10-12,14-15H2,(H,20,22). The van der Waals surface area contributed by atoms with Gasteiger partial charge in [0.2, 0.25) is 10.0 Å². The van der Waals surface area contributed by atoms with Gasteiger partial charge in [0.15, 0.2) is 0 Å². The Balaban J connectivity index is 1.48. The van der Waals surface area contributed by atoms with E-state index in [0.717, 1.165) is 36.5 Å². The van der Waals surface area contributed by atoms with Crippen LogP contribution < -0.4 is 5.32 Å². The molecule has 1 N–H and O–H groups in total. The lowest BCUT2D eigenvalue weighted by atomic mass is 10.2. The molecule has 1 fully saturated rings. The van der Waals surface area contributed by atoms with Crippen molar-refractivity contribution in [3.63, 3.8) is 0 Å². The predicted octanol–water partition coefficient (Wildman–Crippen LogP) is 3.12. The monoisotopic (exact) mass is 408 g/mol. The van der Waals surface area contributed by atoms with Crippen LogP contribution >= 0.6 is 11.8 Å². The molecule has 0 unspecified atom stereocenters. The van der Waals surface area contributed by atoms with Crippen molar-refractivity contribution in [3.05, 3.63) is 54.0 Å². The first kappa shape index (κ1) is 20.0. The van der Waals surface area contributed by atoms with Crippen molar-refractivity contribution in [2.75, 3.05) is 25.4 Å². The third-order valence-electron chi connectivity index (χ3n) is 4.43. The van der Waals surface area contributed by atoms with Gasteiger partial charge in [0, 0.05) is 31.0 Å². The average Bonchev–Trinajstić information content (AvgIpc) is 3.22. The number of nitrogens with zero attached hydrogens (tertiary/aromatic N) is 1. The topological polar surface area (TPSA) is 79.6 Å². The van der Waals surface area contributed by atoms with E-state index in [2.05, 4.69) is 5.32 Å². The van der Waals surface area contributed by atoms with E-state index in [-0.39, 0.29) is 10.8 Å². The highest BCUT2D eigenvalue weighted by molar-refractivity contribution is 7.98. The maximum atomic E-state index is 12.6. The molecule has 27 heavy (non-hydrogen) atoms. The van der Waals surface area contributed by atoms with E-state index in [4.69, 9.17) is 4.42 Å². The summed E-state index contributed by atoms with van der Waals surface area (Å²) in [6, 6.07) is 9.96. The first-order valence-corrected chi connectivity index (χ1v) is 11.7. The van der Waals surface area contributed by atoms with Crippen LogP contribution in [-0.4, -0.2) is 44.0 Å². The number of furan rings is 1. The molecule has 1 aliphatic rings. The van der Waals surface area contributed by atoms with E-state index in [1.165, 1.54) is 16.4 Å². The van der Waals surface area contributed by atoms with Crippen LogP contribution in [0.15, 0.2) is 52.0 Å². The Hall–Kier alpha value is -1.77. The van der Waals surface area contributed by atoms with Crippen molar-refractivity contribution in [3.8, 4) is 0 Å². The van der Waals surface area contributed by atoms with E-state index in [1.807, 2.05) is 12.1 Å². The zero-order valence-corrected chi connectivity index (χ0v) is 16.7. The van der Waals surface area contributed by atoms with Crippen molar-refractivity contribution < 1.29 is 17.6 Å². The fourth-order valence-corrected chi connectivity index (χ4v) is 5.21. The van der Waals surface area contributed by atoms with Crippen molar-refractivity contribution in [1.29, 1.82) is 0 Å². The summed E-state index contributed by atoms with van der Waals surface area (Å²) < 4.78 is 32.0. The highest BCUT2D eigenvalue weighted by Crippen LogP contribution is 2.21. The minimum Gasteiger partial charge on any atom is -0.468 e. The SMILES string of the molecule is O=C(NCCSCc1ccco1)c1ccc(S(=O)(=O)N2CCCCC2)cc1. The van der Waals surface area contributed by atoms with Gasteiger partial charge in [0.25, 0.3) is 5.91 Å². The maximum Gasteiger partial charge on any atom is 0.251 e. The van der Waals surface area contributed by atoms with Crippen molar-refractivity contribution in [2.24, 2.45) is 0 Å². The summed E-state index contributed by atoms with van der Waals surface area (Å²) in [5.74, 6) is 2.26. The number of benzene rings is 1. The first-order chi connectivity index (χ1) is 13.1. The first-order valence-electron chi connectivity index (χ1n) is 9.06. The van der Waals surface area contributed by atoms with Gasteiger partial charge in [0.1, 0.15) is 5.76 Å². The van der Waals surface area contributed by atoms with Gasteiger partial charge in [-0.1, -0.05) is 6.42 Å². The molecule has 1 aromatic carbocycles. The molecule has 2 heterocycles. The molecule has 0 radical (unpaired) electrons. The summed E-state index contributed by atoms with van der Waals surface area (Å²) in [7, 11) is -3.46. The molecule has 146 valence electrons. The minimum atomic E-state index is -3.46. The molecule has 0 bridgehead atoms. The molecule has 3 rings (SSSR count). The lowest BCUT2D eigenvalue weighted by Crippen LogP contribution is -2.35. The van der Waals surface area contributed by atoms with Gasteiger partial charge in [-0.25, -0.2) is 8.42 Å². The van der Waals surface area contributed by atoms with Gasteiger partial charge in [-0.05, 0) is 49.2 Å². The van der Waals surface area contributed by atoms with Crippen LogP contribution in [0.1, 0.15) is 35.4 Å². The van der Waals surface area contributed by atoms with E-state index >= 15 is 0 Å². The number of piperidine rings is 1. The fourth-order valence-electron chi connectivity index (χ4n) is 2.94. The number of hydrogen-bond acceptors (Lipinski definition) is 5. The second-order valence-corrected chi connectivity index (χ2v) is 9.42. The number of sulfonamides is 1. The molecule has 1 amide bonds. The fraction of sp³-hybridized carbons (Fsp3) is 0.421.